The van der Waals surface area contributed by atoms with Gasteiger partial charge in [0.25, 0.3) is 0 Å². The third-order valence-corrected chi connectivity index (χ3v) is 2.14. The van der Waals surface area contributed by atoms with Crippen LogP contribution in [0.15, 0.2) is 6.20 Å². The molecule has 0 aromatic carbocycles. The first-order chi connectivity index (χ1) is 5.33. The Labute approximate surface area is 65.0 Å². The maximum absolute atomic E-state index is 8.73. The van der Waals surface area contributed by atoms with E-state index in [2.05, 4.69) is 10.6 Å². The van der Waals surface area contributed by atoms with Crippen LogP contribution in [0.2, 0.25) is 0 Å². The van der Waals surface area contributed by atoms with Gasteiger partial charge in [0.15, 0.2) is 0 Å². The van der Waals surface area contributed by atoms with Crippen molar-refractivity contribution in [2.45, 2.75) is 19.4 Å². The zero-order chi connectivity index (χ0) is 7.84. The van der Waals surface area contributed by atoms with Crippen molar-refractivity contribution in [3.63, 3.8) is 0 Å². The van der Waals surface area contributed by atoms with Crippen molar-refractivity contribution < 1.29 is 0 Å². The summed E-state index contributed by atoms with van der Waals surface area (Å²) in [7, 11) is 0. The van der Waals surface area contributed by atoms with Crippen molar-refractivity contribution in [2.75, 3.05) is 5.73 Å². The lowest BCUT2D eigenvalue weighted by molar-refractivity contribution is 0.751. The van der Waals surface area contributed by atoms with E-state index in [0.717, 1.165) is 25.1 Å². The third-order valence-electron chi connectivity index (χ3n) is 2.14. The quantitative estimate of drug-likeness (QED) is 0.592. The summed E-state index contributed by atoms with van der Waals surface area (Å²) < 4.78 is 2.08. The zero-order valence-corrected chi connectivity index (χ0v) is 6.17. The Kier molecular flexibility index (Phi) is 1.16. The minimum atomic E-state index is 0.627. The van der Waals surface area contributed by atoms with E-state index in [1.165, 1.54) is 0 Å². The molecule has 2 heterocycles. The predicted octanol–water partition coefficient (Wildman–Crippen LogP) is 0.888. The number of anilines is 1. The van der Waals surface area contributed by atoms with Crippen molar-refractivity contribution in [2.24, 2.45) is 0 Å². The van der Waals surface area contributed by atoms with Gasteiger partial charge in [-0.05, 0) is 12.8 Å². The summed E-state index contributed by atoms with van der Waals surface area (Å²) in [6, 6.07) is 2.13. The molecular weight excluding hydrogens is 138 g/mol. The Morgan fingerprint density at radius 2 is 2.45 bits per heavy atom. The number of rotatable bonds is 0. The zero-order valence-electron chi connectivity index (χ0n) is 6.17. The number of nitriles is 1. The van der Waals surface area contributed by atoms with Crippen LogP contribution < -0.4 is 5.73 Å². The number of hydrogen-bond acceptors (Lipinski definition) is 2. The fourth-order valence-corrected chi connectivity index (χ4v) is 1.63. The van der Waals surface area contributed by atoms with Gasteiger partial charge in [-0.1, -0.05) is 0 Å². The second-order valence-electron chi connectivity index (χ2n) is 2.81. The van der Waals surface area contributed by atoms with Crippen molar-refractivity contribution in [3.05, 3.63) is 17.5 Å². The first kappa shape index (κ1) is 6.29. The van der Waals surface area contributed by atoms with Gasteiger partial charge in [0.2, 0.25) is 0 Å². The van der Waals surface area contributed by atoms with Crippen LogP contribution in [0.1, 0.15) is 17.7 Å². The molecule has 1 aromatic heterocycles. The molecule has 0 aliphatic carbocycles. The van der Waals surface area contributed by atoms with Crippen molar-refractivity contribution in [3.8, 4) is 6.07 Å². The molecule has 1 aliphatic heterocycles. The molecule has 2 rings (SSSR count). The predicted molar refractivity (Wildman–Crippen MR) is 41.9 cm³/mol. The number of hydrogen-bond donors (Lipinski definition) is 1. The van der Waals surface area contributed by atoms with E-state index in [1.54, 1.807) is 0 Å². The molecule has 56 valence electrons. The molecule has 0 fully saturated rings. The van der Waals surface area contributed by atoms with Crippen LogP contribution in [-0.4, -0.2) is 4.57 Å². The van der Waals surface area contributed by atoms with E-state index in [0.29, 0.717) is 11.3 Å². The fraction of sp³-hybridized carbons (Fsp3) is 0.375. The Balaban J connectivity index is 2.63. The monoisotopic (exact) mass is 147 g/mol. The van der Waals surface area contributed by atoms with Crippen molar-refractivity contribution in [1.29, 1.82) is 5.26 Å². The molecular formula is C8H9N3. The summed E-state index contributed by atoms with van der Waals surface area (Å²) in [4.78, 5) is 0. The molecule has 0 radical (unpaired) electrons. The summed E-state index contributed by atoms with van der Waals surface area (Å²) in [5.74, 6) is 0. The van der Waals surface area contributed by atoms with Crippen molar-refractivity contribution >= 4 is 5.69 Å². The highest BCUT2D eigenvalue weighted by atomic mass is 15.0. The normalized spacial score (nSPS) is 14.5. The number of aryl methyl sites for hydroxylation is 1. The molecule has 11 heavy (non-hydrogen) atoms. The van der Waals surface area contributed by atoms with Gasteiger partial charge in [-0.3, -0.25) is 0 Å². The summed E-state index contributed by atoms with van der Waals surface area (Å²) in [5.41, 5.74) is 8.04. The van der Waals surface area contributed by atoms with Gasteiger partial charge >= 0.3 is 0 Å². The molecule has 0 saturated heterocycles. The van der Waals surface area contributed by atoms with Crippen LogP contribution in [0.4, 0.5) is 5.69 Å². The van der Waals surface area contributed by atoms with Gasteiger partial charge in [-0.2, -0.15) is 5.26 Å². The molecule has 0 atom stereocenters. The lowest BCUT2D eigenvalue weighted by atomic mass is 10.2. The Bertz CT molecular complexity index is 330. The number of nitrogen functional groups attached to an aromatic ring is 1. The van der Waals surface area contributed by atoms with Crippen LogP contribution in [-0.2, 0) is 13.0 Å². The standard InChI is InChI=1S/C8H9N3/c9-4-6-7(10)5-11-3-1-2-8(6)11/h5H,1-3,10H2. The highest BCUT2D eigenvalue weighted by Crippen LogP contribution is 2.25. The molecule has 0 bridgehead atoms. The molecule has 3 nitrogen and oxygen atoms in total. The van der Waals surface area contributed by atoms with E-state index < -0.39 is 0 Å². The first-order valence-electron chi connectivity index (χ1n) is 3.70. The average Bonchev–Trinajstić information content (AvgIpc) is 2.46. The molecule has 1 aliphatic rings. The van der Waals surface area contributed by atoms with Crippen LogP contribution >= 0.6 is 0 Å². The van der Waals surface area contributed by atoms with E-state index in [4.69, 9.17) is 11.0 Å². The van der Waals surface area contributed by atoms with Gasteiger partial charge in [0.05, 0.1) is 11.3 Å². The van der Waals surface area contributed by atoms with Gasteiger partial charge < -0.3 is 10.3 Å². The molecule has 0 amide bonds. The molecule has 3 heteroatoms. The second-order valence-corrected chi connectivity index (χ2v) is 2.81. The van der Waals surface area contributed by atoms with Crippen LogP contribution in [0.25, 0.3) is 0 Å². The van der Waals surface area contributed by atoms with E-state index in [9.17, 15) is 0 Å². The minimum absolute atomic E-state index is 0.627. The largest absolute Gasteiger partial charge is 0.396 e. The minimum Gasteiger partial charge on any atom is -0.396 e. The van der Waals surface area contributed by atoms with E-state index in [-0.39, 0.29) is 0 Å². The fourth-order valence-electron chi connectivity index (χ4n) is 1.63. The third kappa shape index (κ3) is 0.726. The number of fused-ring (bicyclic) bond motifs is 1. The van der Waals surface area contributed by atoms with Gasteiger partial charge in [0.1, 0.15) is 6.07 Å². The number of aromatic nitrogens is 1. The molecule has 1 aromatic rings. The Morgan fingerprint density at radius 3 is 3.18 bits per heavy atom. The first-order valence-corrected chi connectivity index (χ1v) is 3.70. The summed E-state index contributed by atoms with van der Waals surface area (Å²) in [5, 5.41) is 8.73. The highest BCUT2D eigenvalue weighted by molar-refractivity contribution is 5.57. The SMILES string of the molecule is N#Cc1c(N)cn2c1CCC2. The maximum Gasteiger partial charge on any atom is 0.103 e. The summed E-state index contributed by atoms with van der Waals surface area (Å²) in [6.07, 6.45) is 4.01. The van der Waals surface area contributed by atoms with Crippen LogP contribution in [0.3, 0.4) is 0 Å². The summed E-state index contributed by atoms with van der Waals surface area (Å²) >= 11 is 0. The molecule has 0 spiro atoms. The maximum atomic E-state index is 8.73. The van der Waals surface area contributed by atoms with Crippen LogP contribution in [0, 0.1) is 11.3 Å². The lowest BCUT2D eigenvalue weighted by Crippen LogP contribution is -1.88. The average molecular weight is 147 g/mol. The smallest absolute Gasteiger partial charge is 0.103 e. The molecule has 2 N–H and O–H groups in total. The van der Waals surface area contributed by atoms with Crippen molar-refractivity contribution in [1.82, 2.24) is 4.57 Å². The van der Waals surface area contributed by atoms with Gasteiger partial charge in [-0.25, -0.2) is 0 Å². The molecule has 0 saturated carbocycles. The molecule has 0 unspecified atom stereocenters. The highest BCUT2D eigenvalue weighted by Gasteiger charge is 2.17. The lowest BCUT2D eigenvalue weighted by Gasteiger charge is -1.91. The Morgan fingerprint density at radius 1 is 1.64 bits per heavy atom. The van der Waals surface area contributed by atoms with E-state index in [1.807, 2.05) is 6.20 Å². The second kappa shape index (κ2) is 2.03. The van der Waals surface area contributed by atoms with Gasteiger partial charge in [0, 0.05) is 18.4 Å². The number of nitrogens with zero attached hydrogens (tertiary/aromatic N) is 2. The Hall–Kier alpha value is -1.43. The number of nitrogens with two attached hydrogens (primary N) is 1. The van der Waals surface area contributed by atoms with Gasteiger partial charge in [-0.15, -0.1) is 0 Å². The van der Waals surface area contributed by atoms with Crippen LogP contribution in [0.5, 0.6) is 0 Å². The summed E-state index contributed by atoms with van der Waals surface area (Å²) in [6.45, 7) is 1.02. The van der Waals surface area contributed by atoms with E-state index >= 15 is 0 Å². The topological polar surface area (TPSA) is 54.7 Å².